The number of hydrogen-bond donors (Lipinski definition) is 2. The predicted octanol–water partition coefficient (Wildman–Crippen LogP) is -2.78. The molecule has 0 heterocycles. The summed E-state index contributed by atoms with van der Waals surface area (Å²) in [5.74, 6) is -0.990. The summed E-state index contributed by atoms with van der Waals surface area (Å²) in [5.41, 5.74) is -0.00398. The molecule has 0 aliphatic heterocycles. The summed E-state index contributed by atoms with van der Waals surface area (Å²) in [5, 5.41) is 12.3. The van der Waals surface area contributed by atoms with Crippen LogP contribution in [0.25, 0.3) is 0 Å². The van der Waals surface area contributed by atoms with E-state index in [4.69, 9.17) is 5.11 Å². The van der Waals surface area contributed by atoms with Gasteiger partial charge in [0, 0.05) is 11.4 Å². The van der Waals surface area contributed by atoms with E-state index in [1.54, 1.807) is 7.85 Å². The monoisotopic (exact) mass is 207 g/mol. The van der Waals surface area contributed by atoms with Crippen LogP contribution in [0.2, 0.25) is 11.6 Å². The molecule has 2 N–H and O–H groups in total. The first-order chi connectivity index (χ1) is 6.47. The highest BCUT2D eigenvalue weighted by molar-refractivity contribution is 6.46. The standard InChI is InChI=1S/C8H21B4NO2/c1-7(2,3)13-8(11,12)5(10)4(9)6(14)15/h4-5,13H,9-12H2,1-3H3,(H,14,15). The number of hydrogen-bond acceptors (Lipinski definition) is 2. The highest BCUT2D eigenvalue weighted by atomic mass is 16.4. The second-order valence-electron chi connectivity index (χ2n) is 6.01. The van der Waals surface area contributed by atoms with Crippen LogP contribution in [0.15, 0.2) is 0 Å². The van der Waals surface area contributed by atoms with Gasteiger partial charge in [0.15, 0.2) is 0 Å². The third-order valence-electron chi connectivity index (χ3n) is 2.98. The molecule has 0 fully saturated rings. The number of carboxylic acid groups (broad SMARTS) is 1. The Morgan fingerprint density at radius 2 is 1.67 bits per heavy atom. The Morgan fingerprint density at radius 3 is 1.93 bits per heavy atom. The zero-order chi connectivity index (χ0) is 12.4. The molecule has 0 aromatic heterocycles. The molecule has 2 unspecified atom stereocenters. The lowest BCUT2D eigenvalue weighted by Gasteiger charge is -2.41. The minimum atomic E-state index is -0.730. The fourth-order valence-corrected chi connectivity index (χ4v) is 1.92. The van der Waals surface area contributed by atoms with Crippen LogP contribution < -0.4 is 5.32 Å². The minimum absolute atomic E-state index is 0.00398. The largest absolute Gasteiger partial charge is 0.482 e. The smallest absolute Gasteiger partial charge is 0.297 e. The van der Waals surface area contributed by atoms with E-state index >= 15 is 0 Å². The molecule has 82 valence electrons. The van der Waals surface area contributed by atoms with Crippen LogP contribution in [-0.2, 0) is 4.79 Å². The maximum atomic E-state index is 10.9. The van der Waals surface area contributed by atoms with Crippen molar-refractivity contribution in [1.29, 1.82) is 0 Å². The van der Waals surface area contributed by atoms with Crippen LogP contribution in [0, 0.1) is 0 Å². The van der Waals surface area contributed by atoms with Crippen molar-refractivity contribution in [2.24, 2.45) is 0 Å². The molecule has 3 nitrogen and oxygen atoms in total. The minimum Gasteiger partial charge on any atom is -0.482 e. The van der Waals surface area contributed by atoms with Gasteiger partial charge < -0.3 is 10.4 Å². The van der Waals surface area contributed by atoms with E-state index in [1.165, 1.54) is 0 Å². The molecule has 0 radical (unpaired) electrons. The summed E-state index contributed by atoms with van der Waals surface area (Å²) in [7, 11) is 7.86. The van der Waals surface area contributed by atoms with Crippen LogP contribution in [0.3, 0.4) is 0 Å². The van der Waals surface area contributed by atoms with Gasteiger partial charge in [0.1, 0.15) is 31.4 Å². The highest BCUT2D eigenvalue weighted by Crippen LogP contribution is 2.28. The summed E-state index contributed by atoms with van der Waals surface area (Å²) in [6.45, 7) is 6.27. The van der Waals surface area contributed by atoms with Crippen LogP contribution in [0.1, 0.15) is 20.8 Å². The third-order valence-corrected chi connectivity index (χ3v) is 2.98. The highest BCUT2D eigenvalue weighted by Gasteiger charge is 2.34. The van der Waals surface area contributed by atoms with Crippen molar-refractivity contribution in [3.05, 3.63) is 0 Å². The van der Waals surface area contributed by atoms with Gasteiger partial charge in [0.05, 0.1) is 0 Å². The summed E-state index contributed by atoms with van der Waals surface area (Å²) in [6.07, 6.45) is 0. The average Bonchev–Trinajstić information content (AvgIpc) is 1.96. The van der Waals surface area contributed by atoms with E-state index in [-0.39, 0.29) is 22.5 Å². The number of nitrogens with one attached hydrogen (secondary N) is 1. The van der Waals surface area contributed by atoms with E-state index in [2.05, 4.69) is 41.8 Å². The molecule has 0 saturated heterocycles. The Morgan fingerprint density at radius 1 is 1.27 bits per heavy atom. The van der Waals surface area contributed by atoms with Gasteiger partial charge in [-0.15, -0.1) is 0 Å². The number of aliphatic carboxylic acids is 1. The topological polar surface area (TPSA) is 49.3 Å². The van der Waals surface area contributed by atoms with Crippen LogP contribution in [0.5, 0.6) is 0 Å². The molecule has 0 aliphatic rings. The van der Waals surface area contributed by atoms with Gasteiger partial charge in [-0.2, -0.15) is 0 Å². The van der Waals surface area contributed by atoms with E-state index in [9.17, 15) is 4.79 Å². The zero-order valence-corrected chi connectivity index (χ0v) is 11.0. The lowest BCUT2D eigenvalue weighted by Crippen LogP contribution is -2.58. The first kappa shape index (κ1) is 14.7. The molecule has 7 heteroatoms. The molecule has 0 rings (SSSR count). The van der Waals surface area contributed by atoms with E-state index in [0.717, 1.165) is 0 Å². The molecule has 15 heavy (non-hydrogen) atoms. The lowest BCUT2D eigenvalue weighted by molar-refractivity contribution is -0.137. The summed E-state index contributed by atoms with van der Waals surface area (Å²) >= 11 is 0. The quantitative estimate of drug-likeness (QED) is 0.490. The summed E-state index contributed by atoms with van der Waals surface area (Å²) in [4.78, 5) is 10.9. The number of rotatable bonds is 4. The molecule has 0 bridgehead atoms. The third kappa shape index (κ3) is 4.83. The van der Waals surface area contributed by atoms with Crippen LogP contribution in [-0.4, -0.2) is 53.3 Å². The van der Waals surface area contributed by atoms with Gasteiger partial charge in [0.25, 0.3) is 5.97 Å². The molecular formula is C8H21B4NO2. The van der Waals surface area contributed by atoms with Gasteiger partial charge in [-0.1, -0.05) is 5.82 Å². The van der Waals surface area contributed by atoms with Crippen molar-refractivity contribution in [1.82, 2.24) is 5.32 Å². The fraction of sp³-hybridized carbons (Fsp3) is 0.875. The Hall–Kier alpha value is -0.310. The van der Waals surface area contributed by atoms with Gasteiger partial charge >= 0.3 is 0 Å². The van der Waals surface area contributed by atoms with Gasteiger partial charge in [-0.05, 0) is 26.1 Å². The molecule has 0 spiro atoms. The molecule has 0 aromatic carbocycles. The molecule has 0 saturated carbocycles. The Balaban J connectivity index is 4.65. The maximum absolute atomic E-state index is 10.9. The molecule has 0 aliphatic carbocycles. The second kappa shape index (κ2) is 4.69. The fourth-order valence-electron chi connectivity index (χ4n) is 1.92. The SMILES string of the molecule is BC(C(=O)O)C(B)C(B)(B)NC(C)(C)C. The summed E-state index contributed by atoms with van der Waals surface area (Å²) < 4.78 is 0. The Kier molecular flexibility index (Phi) is 4.59. The van der Waals surface area contributed by atoms with Crippen molar-refractivity contribution in [2.75, 3.05) is 0 Å². The Labute approximate surface area is 96.4 Å². The van der Waals surface area contributed by atoms with Crippen molar-refractivity contribution in [3.63, 3.8) is 0 Å². The lowest BCUT2D eigenvalue weighted by atomic mass is 9.43. The number of carboxylic acids is 1. The van der Waals surface area contributed by atoms with Gasteiger partial charge in [0.2, 0.25) is 0 Å². The van der Waals surface area contributed by atoms with Crippen molar-refractivity contribution in [2.45, 2.75) is 43.3 Å². The predicted molar refractivity (Wildman–Crippen MR) is 74.9 cm³/mol. The number of carbonyl (C=O) groups is 1. The average molecular weight is 207 g/mol. The van der Waals surface area contributed by atoms with E-state index < -0.39 is 5.97 Å². The molecule has 0 amide bonds. The van der Waals surface area contributed by atoms with E-state index in [1.807, 2.05) is 7.85 Å². The first-order valence-corrected chi connectivity index (χ1v) is 5.49. The molecule has 2 atom stereocenters. The first-order valence-electron chi connectivity index (χ1n) is 5.49. The van der Waals surface area contributed by atoms with Crippen LogP contribution >= 0.6 is 0 Å². The van der Waals surface area contributed by atoms with Gasteiger partial charge in [-0.25, -0.2) is 0 Å². The molecule has 0 aromatic rings. The summed E-state index contributed by atoms with van der Waals surface area (Å²) in [6, 6.07) is 0. The van der Waals surface area contributed by atoms with Crippen LogP contribution in [0.4, 0.5) is 0 Å². The maximum Gasteiger partial charge on any atom is 0.297 e. The Bertz CT molecular complexity index is 239. The zero-order valence-electron chi connectivity index (χ0n) is 11.0. The normalized spacial score (nSPS) is 17.0. The van der Waals surface area contributed by atoms with E-state index in [0.29, 0.717) is 0 Å². The van der Waals surface area contributed by atoms with Gasteiger partial charge in [-0.3, -0.25) is 4.79 Å². The molecular weight excluding hydrogens is 185 g/mol. The second-order valence-corrected chi connectivity index (χ2v) is 6.01. The van der Waals surface area contributed by atoms with Crippen molar-refractivity contribution >= 4 is 37.4 Å². The van der Waals surface area contributed by atoms with Crippen molar-refractivity contribution < 1.29 is 9.90 Å². The van der Waals surface area contributed by atoms with Crippen molar-refractivity contribution in [3.8, 4) is 0 Å².